The summed E-state index contributed by atoms with van der Waals surface area (Å²) in [4.78, 5) is 0. The minimum Gasteiger partial charge on any atom is -0.372 e. The van der Waals surface area contributed by atoms with E-state index in [1.54, 1.807) is 13.0 Å². The fourth-order valence-electron chi connectivity index (χ4n) is 2.35. The molecule has 1 heterocycles. The highest BCUT2D eigenvalue weighted by molar-refractivity contribution is 5.51. The Kier molecular flexibility index (Phi) is 10.4. The highest BCUT2D eigenvalue weighted by Gasteiger charge is 2.29. The Morgan fingerprint density at radius 2 is 1.88 bits per heavy atom. The molecule has 1 N–H and O–H groups in total. The Balaban J connectivity index is 0.00000277. The quantitative estimate of drug-likeness (QED) is 0.633. The van der Waals surface area contributed by atoms with Gasteiger partial charge in [0.2, 0.25) is 0 Å². The lowest BCUT2D eigenvalue weighted by atomic mass is 9.89. The molecule has 1 unspecified atom stereocenters. The molecule has 0 saturated carbocycles. The first kappa shape index (κ1) is 23.4. The van der Waals surface area contributed by atoms with Crippen molar-refractivity contribution in [3.8, 4) is 0 Å². The largest absolute Gasteiger partial charge is 0.412 e. The summed E-state index contributed by atoms with van der Waals surface area (Å²) in [7, 11) is 1.84. The first-order valence-corrected chi connectivity index (χ1v) is 8.46. The zero-order valence-electron chi connectivity index (χ0n) is 15.9. The average Bonchev–Trinajstić information content (AvgIpc) is 2.59. The van der Waals surface area contributed by atoms with E-state index >= 15 is 0 Å². The molecule has 0 radical (unpaired) electrons. The maximum absolute atomic E-state index is 12.5. The Bertz CT molecular complexity index is 554. The molecular formula is C20H30F3NO. The SMILES string of the molecule is C=CC1=C(C(=C)/C(C)=C/C=C(\C)C(F)(F)F)CCOC1CNC.CC. The third-order valence-corrected chi connectivity index (χ3v) is 3.85. The summed E-state index contributed by atoms with van der Waals surface area (Å²) in [6, 6.07) is 0. The molecule has 0 aromatic rings. The molecule has 1 aliphatic heterocycles. The van der Waals surface area contributed by atoms with Gasteiger partial charge in [0.15, 0.2) is 0 Å². The van der Waals surface area contributed by atoms with E-state index in [-0.39, 0.29) is 6.10 Å². The molecule has 0 aromatic heterocycles. The molecule has 5 heteroatoms. The van der Waals surface area contributed by atoms with Crippen LogP contribution in [0.5, 0.6) is 0 Å². The zero-order chi connectivity index (χ0) is 19.6. The number of ether oxygens (including phenoxy) is 1. The fourth-order valence-corrected chi connectivity index (χ4v) is 2.35. The van der Waals surface area contributed by atoms with Gasteiger partial charge in [0, 0.05) is 12.1 Å². The summed E-state index contributed by atoms with van der Waals surface area (Å²) in [5.41, 5.74) is 2.74. The predicted molar refractivity (Wildman–Crippen MR) is 99.6 cm³/mol. The molecule has 0 bridgehead atoms. The van der Waals surface area contributed by atoms with Gasteiger partial charge >= 0.3 is 6.18 Å². The molecule has 0 aromatic carbocycles. The fraction of sp³-hybridized carbons (Fsp3) is 0.500. The van der Waals surface area contributed by atoms with Crippen molar-refractivity contribution >= 4 is 0 Å². The Morgan fingerprint density at radius 3 is 2.36 bits per heavy atom. The van der Waals surface area contributed by atoms with Gasteiger partial charge in [-0.15, -0.1) is 0 Å². The number of rotatable bonds is 6. The molecule has 1 rings (SSSR count). The monoisotopic (exact) mass is 357 g/mol. The maximum Gasteiger partial charge on any atom is 0.412 e. The Hall–Kier alpha value is -1.59. The van der Waals surface area contributed by atoms with Gasteiger partial charge in [-0.05, 0) is 49.6 Å². The van der Waals surface area contributed by atoms with E-state index in [2.05, 4.69) is 18.5 Å². The minimum atomic E-state index is -4.31. The summed E-state index contributed by atoms with van der Waals surface area (Å²) < 4.78 is 43.3. The van der Waals surface area contributed by atoms with Crippen LogP contribution in [0.1, 0.15) is 34.1 Å². The second-order valence-corrected chi connectivity index (χ2v) is 5.48. The topological polar surface area (TPSA) is 21.3 Å². The summed E-state index contributed by atoms with van der Waals surface area (Å²) in [6.45, 7) is 15.9. The highest BCUT2D eigenvalue weighted by atomic mass is 19.4. The van der Waals surface area contributed by atoms with Crippen molar-refractivity contribution in [2.24, 2.45) is 0 Å². The van der Waals surface area contributed by atoms with Crippen LogP contribution in [-0.4, -0.2) is 32.5 Å². The van der Waals surface area contributed by atoms with Crippen molar-refractivity contribution < 1.29 is 17.9 Å². The van der Waals surface area contributed by atoms with Gasteiger partial charge in [-0.3, -0.25) is 0 Å². The van der Waals surface area contributed by atoms with Crippen LogP contribution < -0.4 is 5.32 Å². The number of halogens is 3. The van der Waals surface area contributed by atoms with Crippen molar-refractivity contribution in [1.82, 2.24) is 5.32 Å². The summed E-state index contributed by atoms with van der Waals surface area (Å²) >= 11 is 0. The summed E-state index contributed by atoms with van der Waals surface area (Å²) in [5, 5.41) is 3.06. The van der Waals surface area contributed by atoms with Crippen LogP contribution >= 0.6 is 0 Å². The van der Waals surface area contributed by atoms with E-state index in [1.807, 2.05) is 20.9 Å². The van der Waals surface area contributed by atoms with Gasteiger partial charge in [0.25, 0.3) is 0 Å². The van der Waals surface area contributed by atoms with Crippen LogP contribution in [0.4, 0.5) is 13.2 Å². The first-order chi connectivity index (χ1) is 11.7. The van der Waals surface area contributed by atoms with Gasteiger partial charge in [0.1, 0.15) is 0 Å². The third kappa shape index (κ3) is 7.04. The van der Waals surface area contributed by atoms with Gasteiger partial charge in [-0.2, -0.15) is 13.2 Å². The van der Waals surface area contributed by atoms with E-state index in [1.165, 1.54) is 6.08 Å². The lowest BCUT2D eigenvalue weighted by Crippen LogP contribution is -2.32. The summed E-state index contributed by atoms with van der Waals surface area (Å²) in [5.74, 6) is 0. The third-order valence-electron chi connectivity index (χ3n) is 3.85. The Labute approximate surface area is 149 Å². The molecule has 0 saturated heterocycles. The van der Waals surface area contributed by atoms with E-state index in [0.717, 1.165) is 29.7 Å². The molecule has 1 atom stereocenters. The van der Waals surface area contributed by atoms with Crippen LogP contribution in [0.15, 0.2) is 59.3 Å². The molecule has 2 nitrogen and oxygen atoms in total. The van der Waals surface area contributed by atoms with Crippen molar-refractivity contribution in [3.05, 3.63) is 59.3 Å². The maximum atomic E-state index is 12.5. The van der Waals surface area contributed by atoms with Crippen molar-refractivity contribution in [2.45, 2.75) is 46.4 Å². The van der Waals surface area contributed by atoms with E-state index < -0.39 is 11.7 Å². The number of nitrogens with one attached hydrogen (secondary N) is 1. The Morgan fingerprint density at radius 1 is 1.28 bits per heavy atom. The smallest absolute Gasteiger partial charge is 0.372 e. The van der Waals surface area contributed by atoms with Gasteiger partial charge < -0.3 is 10.1 Å². The second-order valence-electron chi connectivity index (χ2n) is 5.48. The molecule has 142 valence electrons. The second kappa shape index (κ2) is 11.1. The number of likely N-dealkylation sites (N-methyl/N-ethyl adjacent to an activating group) is 1. The van der Waals surface area contributed by atoms with Crippen LogP contribution in [-0.2, 0) is 4.74 Å². The van der Waals surface area contributed by atoms with Crippen LogP contribution in [0.2, 0.25) is 0 Å². The van der Waals surface area contributed by atoms with E-state index in [0.29, 0.717) is 25.1 Å². The van der Waals surface area contributed by atoms with Gasteiger partial charge in [0.05, 0.1) is 12.7 Å². The molecule has 1 aliphatic rings. The number of hydrogen-bond acceptors (Lipinski definition) is 2. The van der Waals surface area contributed by atoms with E-state index in [9.17, 15) is 13.2 Å². The molecule has 25 heavy (non-hydrogen) atoms. The summed E-state index contributed by atoms with van der Waals surface area (Å²) in [6.07, 6.45) is 0.540. The minimum absolute atomic E-state index is 0.113. The first-order valence-electron chi connectivity index (χ1n) is 8.46. The number of hydrogen-bond donors (Lipinski definition) is 1. The molecule has 0 fully saturated rings. The normalized spacial score (nSPS) is 19.3. The van der Waals surface area contributed by atoms with Crippen molar-refractivity contribution in [2.75, 3.05) is 20.2 Å². The molecule has 0 spiro atoms. The van der Waals surface area contributed by atoms with Crippen LogP contribution in [0.25, 0.3) is 0 Å². The number of alkyl halides is 3. The molecule has 0 amide bonds. The van der Waals surface area contributed by atoms with Gasteiger partial charge in [-0.25, -0.2) is 0 Å². The molecular weight excluding hydrogens is 327 g/mol. The van der Waals surface area contributed by atoms with Crippen LogP contribution in [0, 0.1) is 0 Å². The molecule has 0 aliphatic carbocycles. The van der Waals surface area contributed by atoms with Gasteiger partial charge in [-0.1, -0.05) is 45.2 Å². The lowest BCUT2D eigenvalue weighted by Gasteiger charge is -2.28. The number of allylic oxidation sites excluding steroid dienone is 5. The predicted octanol–water partition coefficient (Wildman–Crippen LogP) is 5.51. The zero-order valence-corrected chi connectivity index (χ0v) is 15.9. The van der Waals surface area contributed by atoms with Crippen molar-refractivity contribution in [1.29, 1.82) is 0 Å². The van der Waals surface area contributed by atoms with E-state index in [4.69, 9.17) is 4.74 Å². The van der Waals surface area contributed by atoms with Crippen LogP contribution in [0.3, 0.4) is 0 Å². The van der Waals surface area contributed by atoms with Crippen molar-refractivity contribution in [3.63, 3.8) is 0 Å². The highest BCUT2D eigenvalue weighted by Crippen LogP contribution is 2.31. The standard InChI is InChI=1S/C18H24F3NO.C2H6/c1-6-15-16(9-10-23-17(15)11-22-5)14(4)12(2)7-8-13(3)18(19,20)21;1-2/h6-8,17,22H,1,4,9-11H2,2-3,5H3;1-2H3/b12-7+,13-8+;. The average molecular weight is 357 g/mol. The lowest BCUT2D eigenvalue weighted by molar-refractivity contribution is -0.0913.